The number of aromatic nitrogens is 3. The van der Waals surface area contributed by atoms with Crippen LogP contribution in [0.2, 0.25) is 0 Å². The van der Waals surface area contributed by atoms with Crippen LogP contribution < -0.4 is 4.74 Å². The summed E-state index contributed by atoms with van der Waals surface area (Å²) in [6.07, 6.45) is 3.56. The summed E-state index contributed by atoms with van der Waals surface area (Å²) >= 11 is 1.57. The van der Waals surface area contributed by atoms with Crippen LogP contribution >= 0.6 is 11.8 Å². The summed E-state index contributed by atoms with van der Waals surface area (Å²) in [6.45, 7) is 2.62. The summed E-state index contributed by atoms with van der Waals surface area (Å²) in [6, 6.07) is 8.04. The molecule has 1 aliphatic rings. The smallest absolute Gasteiger partial charge is 0.176 e. The average Bonchev–Trinajstić information content (AvgIpc) is 3.00. The van der Waals surface area contributed by atoms with Crippen molar-refractivity contribution < 1.29 is 9.47 Å². The third kappa shape index (κ3) is 2.07. The van der Waals surface area contributed by atoms with E-state index < -0.39 is 0 Å². The Morgan fingerprint density at radius 3 is 3.05 bits per heavy atom. The maximum absolute atomic E-state index is 5.94. The molecule has 0 amide bonds. The van der Waals surface area contributed by atoms with Crippen LogP contribution in [-0.4, -0.2) is 28.3 Å². The summed E-state index contributed by atoms with van der Waals surface area (Å²) in [5.74, 6) is 0.828. The lowest BCUT2D eigenvalue weighted by Gasteiger charge is -2.26. The molecule has 22 heavy (non-hydrogen) atoms. The van der Waals surface area contributed by atoms with Crippen molar-refractivity contribution in [3.8, 4) is 5.75 Å². The predicted molar refractivity (Wildman–Crippen MR) is 84.4 cm³/mol. The van der Waals surface area contributed by atoms with Crippen molar-refractivity contribution in [2.75, 3.05) is 13.7 Å². The number of ether oxygens (including phenoxy) is 2. The molecule has 2 aromatic heterocycles. The first kappa shape index (κ1) is 13.6. The number of fused-ring (bicyclic) bond motifs is 3. The molecular formula is C16H15N3O2S. The minimum atomic E-state index is -0.179. The number of benzene rings is 1. The number of pyridine rings is 1. The average molecular weight is 313 g/mol. The molecule has 0 radical (unpaired) electrons. The van der Waals surface area contributed by atoms with Gasteiger partial charge in [0.2, 0.25) is 0 Å². The van der Waals surface area contributed by atoms with Gasteiger partial charge in [-0.2, -0.15) is 0 Å². The maximum Gasteiger partial charge on any atom is 0.176 e. The van der Waals surface area contributed by atoms with Crippen molar-refractivity contribution in [3.05, 3.63) is 42.2 Å². The van der Waals surface area contributed by atoms with Gasteiger partial charge in [0.25, 0.3) is 0 Å². The van der Waals surface area contributed by atoms with E-state index in [4.69, 9.17) is 14.5 Å². The largest absolute Gasteiger partial charge is 0.497 e. The van der Waals surface area contributed by atoms with E-state index in [-0.39, 0.29) is 6.23 Å². The van der Waals surface area contributed by atoms with Gasteiger partial charge in [-0.1, -0.05) is 0 Å². The molecule has 5 nitrogen and oxygen atoms in total. The molecule has 4 rings (SSSR count). The lowest BCUT2D eigenvalue weighted by Crippen LogP contribution is -2.19. The zero-order chi connectivity index (χ0) is 15.1. The van der Waals surface area contributed by atoms with Gasteiger partial charge in [0, 0.05) is 30.0 Å². The highest BCUT2D eigenvalue weighted by atomic mass is 32.2. The highest BCUT2D eigenvalue weighted by Gasteiger charge is 2.28. The van der Waals surface area contributed by atoms with E-state index in [9.17, 15) is 0 Å². The first-order valence-corrected chi connectivity index (χ1v) is 7.93. The van der Waals surface area contributed by atoms with Crippen molar-refractivity contribution in [3.63, 3.8) is 0 Å². The third-order valence-electron chi connectivity index (χ3n) is 3.68. The summed E-state index contributed by atoms with van der Waals surface area (Å²) in [5.41, 5.74) is 2.01. The fourth-order valence-corrected chi connectivity index (χ4v) is 3.63. The molecule has 1 aromatic carbocycles. The number of hydrogen-bond donors (Lipinski definition) is 0. The fourth-order valence-electron chi connectivity index (χ4n) is 2.66. The molecule has 1 aliphatic heterocycles. The predicted octanol–water partition coefficient (Wildman–Crippen LogP) is 3.49. The second-order valence-corrected chi connectivity index (χ2v) is 5.92. The van der Waals surface area contributed by atoms with Gasteiger partial charge in [0.15, 0.2) is 11.4 Å². The topological polar surface area (TPSA) is 49.2 Å². The van der Waals surface area contributed by atoms with E-state index >= 15 is 0 Å². The monoisotopic (exact) mass is 313 g/mol. The molecule has 0 saturated heterocycles. The summed E-state index contributed by atoms with van der Waals surface area (Å²) in [4.78, 5) is 9.16. The molecular weight excluding hydrogens is 298 g/mol. The second kappa shape index (κ2) is 5.30. The first-order chi connectivity index (χ1) is 10.8. The molecule has 0 aliphatic carbocycles. The van der Waals surface area contributed by atoms with Crippen molar-refractivity contribution in [1.29, 1.82) is 0 Å². The van der Waals surface area contributed by atoms with E-state index in [1.165, 1.54) is 0 Å². The Kier molecular flexibility index (Phi) is 3.28. The quantitative estimate of drug-likeness (QED) is 0.741. The first-order valence-electron chi connectivity index (χ1n) is 7.11. The Morgan fingerprint density at radius 2 is 2.23 bits per heavy atom. The molecule has 3 aromatic rings. The van der Waals surface area contributed by atoms with Gasteiger partial charge in [-0.05, 0) is 43.0 Å². The Balaban J connectivity index is 1.91. The summed E-state index contributed by atoms with van der Waals surface area (Å²) < 4.78 is 13.3. The van der Waals surface area contributed by atoms with Crippen LogP contribution in [0.4, 0.5) is 0 Å². The molecule has 1 atom stereocenters. The molecule has 3 heterocycles. The Hall–Kier alpha value is -2.05. The number of rotatable bonds is 3. The maximum atomic E-state index is 5.94. The van der Waals surface area contributed by atoms with Gasteiger partial charge in [-0.15, -0.1) is 0 Å². The van der Waals surface area contributed by atoms with Crippen molar-refractivity contribution in [1.82, 2.24) is 14.5 Å². The number of imidazole rings is 1. The van der Waals surface area contributed by atoms with E-state index in [0.29, 0.717) is 6.61 Å². The SMILES string of the molecule is CCOC1c2cc3cc(OC)ccc3nc2Sc2nccn21. The number of hydrogen-bond acceptors (Lipinski definition) is 5. The zero-order valence-electron chi connectivity index (χ0n) is 12.3. The fraction of sp³-hybridized carbons (Fsp3) is 0.250. The standard InChI is InChI=1S/C16H15N3O2S/c1-3-21-15-12-9-10-8-11(20-2)4-5-13(10)18-14(12)22-16-17-6-7-19(15)16/h4-9,15H,3H2,1-2H3. The normalized spacial score (nSPS) is 16.4. The molecule has 0 N–H and O–H groups in total. The van der Waals surface area contributed by atoms with Crippen molar-refractivity contribution >= 4 is 22.7 Å². The van der Waals surface area contributed by atoms with Gasteiger partial charge in [-0.25, -0.2) is 9.97 Å². The van der Waals surface area contributed by atoms with Gasteiger partial charge >= 0.3 is 0 Å². The third-order valence-corrected chi connectivity index (χ3v) is 4.70. The van der Waals surface area contributed by atoms with Crippen molar-refractivity contribution in [2.24, 2.45) is 0 Å². The zero-order valence-corrected chi connectivity index (χ0v) is 13.1. The minimum Gasteiger partial charge on any atom is -0.497 e. The van der Waals surface area contributed by atoms with Gasteiger partial charge < -0.3 is 9.47 Å². The van der Waals surface area contributed by atoms with Crippen molar-refractivity contribution in [2.45, 2.75) is 23.3 Å². The van der Waals surface area contributed by atoms with Gasteiger partial charge in [-0.3, -0.25) is 4.57 Å². The van der Waals surface area contributed by atoms with Crippen LogP contribution in [0.1, 0.15) is 18.7 Å². The van der Waals surface area contributed by atoms with E-state index in [0.717, 1.165) is 32.4 Å². The van der Waals surface area contributed by atoms with Crippen LogP contribution in [0.15, 0.2) is 46.8 Å². The molecule has 0 bridgehead atoms. The molecule has 1 unspecified atom stereocenters. The summed E-state index contributed by atoms with van der Waals surface area (Å²) in [5, 5.41) is 2.91. The molecule has 6 heteroatoms. The highest BCUT2D eigenvalue weighted by molar-refractivity contribution is 7.99. The van der Waals surface area contributed by atoms with Gasteiger partial charge in [0.05, 0.1) is 12.6 Å². The van der Waals surface area contributed by atoms with Crippen LogP contribution in [0.5, 0.6) is 5.75 Å². The van der Waals surface area contributed by atoms with Gasteiger partial charge in [0.1, 0.15) is 10.8 Å². The van der Waals surface area contributed by atoms with Crippen LogP contribution in [-0.2, 0) is 4.74 Å². The lowest BCUT2D eigenvalue weighted by molar-refractivity contribution is 0.0314. The van der Waals surface area contributed by atoms with Crippen LogP contribution in [0, 0.1) is 0 Å². The van der Waals surface area contributed by atoms with Crippen LogP contribution in [0.25, 0.3) is 10.9 Å². The summed E-state index contributed by atoms with van der Waals surface area (Å²) in [7, 11) is 1.67. The number of nitrogens with zero attached hydrogens (tertiary/aromatic N) is 3. The van der Waals surface area contributed by atoms with E-state index in [2.05, 4.69) is 11.1 Å². The number of methoxy groups -OCH3 is 1. The van der Waals surface area contributed by atoms with E-state index in [1.54, 1.807) is 25.1 Å². The Labute approximate surface area is 132 Å². The minimum absolute atomic E-state index is 0.179. The Bertz CT molecular complexity index is 847. The highest BCUT2D eigenvalue weighted by Crippen LogP contribution is 2.41. The molecule has 112 valence electrons. The molecule has 0 saturated carbocycles. The van der Waals surface area contributed by atoms with E-state index in [1.807, 2.05) is 35.9 Å². The molecule has 0 spiro atoms. The lowest BCUT2D eigenvalue weighted by atomic mass is 10.1. The molecule has 0 fully saturated rings. The van der Waals surface area contributed by atoms with Crippen LogP contribution in [0.3, 0.4) is 0 Å². The Morgan fingerprint density at radius 1 is 1.32 bits per heavy atom. The second-order valence-electron chi connectivity index (χ2n) is 4.97.